The Morgan fingerprint density at radius 2 is 1.57 bits per heavy atom. The van der Waals surface area contributed by atoms with Crippen LogP contribution in [-0.2, 0) is 12.8 Å². The zero-order chi connectivity index (χ0) is 16.7. The molecule has 0 atom stereocenters. The zero-order valence-corrected chi connectivity index (χ0v) is 14.6. The highest BCUT2D eigenvalue weighted by Crippen LogP contribution is 2.10. The average molecular weight is 310 g/mol. The van der Waals surface area contributed by atoms with Gasteiger partial charge >= 0.3 is 0 Å². The van der Waals surface area contributed by atoms with Gasteiger partial charge in [-0.3, -0.25) is 0 Å². The molecule has 0 saturated heterocycles. The Kier molecular flexibility index (Phi) is 6.27. The van der Waals surface area contributed by atoms with Gasteiger partial charge in [0.05, 0.1) is 5.71 Å². The fraction of sp³-hybridized carbons (Fsp3) is 0.421. The summed E-state index contributed by atoms with van der Waals surface area (Å²) in [7, 11) is 0. The third-order valence-electron chi connectivity index (χ3n) is 3.64. The van der Waals surface area contributed by atoms with Crippen LogP contribution in [0.2, 0.25) is 0 Å². The van der Waals surface area contributed by atoms with Crippen molar-refractivity contribution < 1.29 is 0 Å². The summed E-state index contributed by atoms with van der Waals surface area (Å²) in [4.78, 5) is 9.11. The van der Waals surface area contributed by atoms with Gasteiger partial charge in [-0.1, -0.05) is 56.5 Å². The van der Waals surface area contributed by atoms with Crippen LogP contribution < -0.4 is 5.43 Å². The van der Waals surface area contributed by atoms with Gasteiger partial charge in [-0.25, -0.2) is 15.4 Å². The van der Waals surface area contributed by atoms with Gasteiger partial charge in [0.1, 0.15) is 0 Å². The SMILES string of the molecule is CCCc1cc(CCC)nc(NN=C(C)c2ccc(C)cc2)n1. The predicted octanol–water partition coefficient (Wildman–Crippen LogP) is 4.53. The molecule has 1 N–H and O–H groups in total. The quantitative estimate of drug-likeness (QED) is 0.604. The number of hydrazone groups is 1. The maximum Gasteiger partial charge on any atom is 0.243 e. The molecule has 2 aromatic rings. The third kappa shape index (κ3) is 5.16. The van der Waals surface area contributed by atoms with Crippen LogP contribution in [-0.4, -0.2) is 15.7 Å². The summed E-state index contributed by atoms with van der Waals surface area (Å²) in [6, 6.07) is 10.4. The lowest BCUT2D eigenvalue weighted by atomic mass is 10.1. The van der Waals surface area contributed by atoms with Crippen molar-refractivity contribution >= 4 is 11.7 Å². The Labute approximate surface area is 139 Å². The first-order valence-corrected chi connectivity index (χ1v) is 8.36. The molecule has 0 aliphatic rings. The number of rotatable bonds is 7. The van der Waals surface area contributed by atoms with Crippen LogP contribution in [0, 0.1) is 6.92 Å². The zero-order valence-electron chi connectivity index (χ0n) is 14.6. The summed E-state index contributed by atoms with van der Waals surface area (Å²) in [5, 5.41) is 4.44. The van der Waals surface area contributed by atoms with Gasteiger partial charge < -0.3 is 0 Å². The molecule has 0 amide bonds. The van der Waals surface area contributed by atoms with Crippen molar-refractivity contribution in [3.05, 3.63) is 52.8 Å². The Balaban J connectivity index is 2.17. The minimum Gasteiger partial charge on any atom is -0.245 e. The Morgan fingerprint density at radius 3 is 2.09 bits per heavy atom. The minimum atomic E-state index is 0.589. The van der Waals surface area contributed by atoms with Crippen LogP contribution in [0.3, 0.4) is 0 Å². The van der Waals surface area contributed by atoms with E-state index in [4.69, 9.17) is 0 Å². The number of nitrogens with one attached hydrogen (secondary N) is 1. The molecule has 1 aromatic heterocycles. The molecular formula is C19H26N4. The number of hydrogen-bond donors (Lipinski definition) is 1. The van der Waals surface area contributed by atoms with E-state index >= 15 is 0 Å². The normalized spacial score (nSPS) is 11.6. The first-order chi connectivity index (χ1) is 11.1. The maximum atomic E-state index is 4.56. The van der Waals surface area contributed by atoms with Crippen LogP contribution in [0.15, 0.2) is 35.4 Å². The Morgan fingerprint density at radius 1 is 1.00 bits per heavy atom. The van der Waals surface area contributed by atoms with Crippen LogP contribution in [0.1, 0.15) is 56.1 Å². The molecule has 0 spiro atoms. The molecule has 4 nitrogen and oxygen atoms in total. The molecule has 23 heavy (non-hydrogen) atoms. The van der Waals surface area contributed by atoms with Gasteiger partial charge in [-0.05, 0) is 38.3 Å². The highest BCUT2D eigenvalue weighted by atomic mass is 15.4. The van der Waals surface area contributed by atoms with Crippen molar-refractivity contribution in [1.29, 1.82) is 0 Å². The number of benzene rings is 1. The van der Waals surface area contributed by atoms with Gasteiger partial charge in [-0.15, -0.1) is 0 Å². The van der Waals surface area contributed by atoms with Crippen LogP contribution in [0.5, 0.6) is 0 Å². The number of aromatic nitrogens is 2. The van der Waals surface area contributed by atoms with Crippen molar-refractivity contribution in [1.82, 2.24) is 9.97 Å². The van der Waals surface area contributed by atoms with E-state index in [0.29, 0.717) is 5.95 Å². The fourth-order valence-electron chi connectivity index (χ4n) is 2.37. The summed E-state index contributed by atoms with van der Waals surface area (Å²) < 4.78 is 0. The largest absolute Gasteiger partial charge is 0.245 e. The van der Waals surface area contributed by atoms with E-state index in [9.17, 15) is 0 Å². The van der Waals surface area contributed by atoms with E-state index < -0.39 is 0 Å². The van der Waals surface area contributed by atoms with Gasteiger partial charge in [0.15, 0.2) is 0 Å². The summed E-state index contributed by atoms with van der Waals surface area (Å²) in [6.07, 6.45) is 4.09. The fourth-order valence-corrected chi connectivity index (χ4v) is 2.37. The lowest BCUT2D eigenvalue weighted by molar-refractivity contribution is 0.830. The second-order valence-corrected chi connectivity index (χ2v) is 5.85. The second kappa shape index (κ2) is 8.42. The minimum absolute atomic E-state index is 0.589. The Bertz CT molecular complexity index is 635. The molecular weight excluding hydrogens is 284 g/mol. The van der Waals surface area contributed by atoms with E-state index in [-0.39, 0.29) is 0 Å². The van der Waals surface area contributed by atoms with Crippen molar-refractivity contribution in [2.45, 2.75) is 53.4 Å². The monoisotopic (exact) mass is 310 g/mol. The molecule has 0 bridgehead atoms. The summed E-state index contributed by atoms with van der Waals surface area (Å²) in [6.45, 7) is 8.39. The predicted molar refractivity (Wildman–Crippen MR) is 97.0 cm³/mol. The molecule has 0 fully saturated rings. The summed E-state index contributed by atoms with van der Waals surface area (Å²) >= 11 is 0. The van der Waals surface area contributed by atoms with Gasteiger partial charge in [0.2, 0.25) is 5.95 Å². The number of anilines is 1. The Hall–Kier alpha value is -2.23. The van der Waals surface area contributed by atoms with Crippen LogP contribution in [0.25, 0.3) is 0 Å². The first-order valence-electron chi connectivity index (χ1n) is 8.36. The van der Waals surface area contributed by atoms with E-state index in [1.165, 1.54) is 5.56 Å². The average Bonchev–Trinajstić information content (AvgIpc) is 2.54. The smallest absolute Gasteiger partial charge is 0.243 e. The van der Waals surface area contributed by atoms with Crippen LogP contribution in [0.4, 0.5) is 5.95 Å². The highest BCUT2D eigenvalue weighted by Gasteiger charge is 2.04. The molecule has 1 aromatic carbocycles. The van der Waals surface area contributed by atoms with E-state index in [1.54, 1.807) is 0 Å². The first kappa shape index (κ1) is 17.1. The van der Waals surface area contributed by atoms with Crippen molar-refractivity contribution in [2.24, 2.45) is 5.10 Å². The van der Waals surface area contributed by atoms with Crippen LogP contribution >= 0.6 is 0 Å². The van der Waals surface area contributed by atoms with Gasteiger partial charge in [0, 0.05) is 11.4 Å². The number of hydrogen-bond acceptors (Lipinski definition) is 4. The third-order valence-corrected chi connectivity index (χ3v) is 3.64. The van der Waals surface area contributed by atoms with E-state index in [2.05, 4.69) is 71.6 Å². The summed E-state index contributed by atoms with van der Waals surface area (Å²) in [5.74, 6) is 0.589. The molecule has 1 heterocycles. The molecule has 0 unspecified atom stereocenters. The maximum absolute atomic E-state index is 4.56. The molecule has 4 heteroatoms. The van der Waals surface area contributed by atoms with Crippen molar-refractivity contribution in [2.75, 3.05) is 5.43 Å². The number of aryl methyl sites for hydroxylation is 3. The topological polar surface area (TPSA) is 50.2 Å². The molecule has 0 aliphatic heterocycles. The molecule has 2 rings (SSSR count). The molecule has 0 saturated carbocycles. The highest BCUT2D eigenvalue weighted by molar-refractivity contribution is 5.99. The van der Waals surface area contributed by atoms with Gasteiger partial charge in [0.25, 0.3) is 0 Å². The second-order valence-electron chi connectivity index (χ2n) is 5.85. The van der Waals surface area contributed by atoms with Gasteiger partial charge in [-0.2, -0.15) is 5.10 Å². The lowest BCUT2D eigenvalue weighted by Gasteiger charge is -2.07. The lowest BCUT2D eigenvalue weighted by Crippen LogP contribution is -2.06. The number of nitrogens with zero attached hydrogens (tertiary/aromatic N) is 3. The standard InChI is InChI=1S/C19H26N4/c1-5-7-17-13-18(8-6-2)21-19(20-17)23-22-15(4)16-11-9-14(3)10-12-16/h9-13H,5-8H2,1-4H3,(H,20,21,23). The molecule has 122 valence electrons. The molecule has 0 radical (unpaired) electrons. The van der Waals surface area contributed by atoms with Crippen molar-refractivity contribution in [3.63, 3.8) is 0 Å². The van der Waals surface area contributed by atoms with E-state index in [1.807, 2.05) is 6.92 Å². The van der Waals surface area contributed by atoms with Crippen molar-refractivity contribution in [3.8, 4) is 0 Å². The van der Waals surface area contributed by atoms with E-state index in [0.717, 1.165) is 48.3 Å². The molecule has 0 aliphatic carbocycles. The summed E-state index contributed by atoms with van der Waals surface area (Å²) in [5.41, 5.74) is 8.45.